The lowest BCUT2D eigenvalue weighted by molar-refractivity contribution is 0.219. The molecule has 2 aromatic rings. The Balaban J connectivity index is 2.36. The maximum atomic E-state index is 13.0. The average Bonchev–Trinajstić information content (AvgIpc) is 2.32. The number of halogens is 3. The van der Waals surface area contributed by atoms with Crippen LogP contribution in [-0.4, -0.2) is 10.1 Å². The zero-order chi connectivity index (χ0) is 12.4. The van der Waals surface area contributed by atoms with E-state index in [0.29, 0.717) is 16.1 Å². The van der Waals surface area contributed by atoms with Crippen LogP contribution in [0.3, 0.4) is 0 Å². The van der Waals surface area contributed by atoms with E-state index in [0.717, 1.165) is 9.77 Å². The monoisotopic (exact) mass is 363 g/mol. The molecule has 5 heteroatoms. The van der Waals surface area contributed by atoms with Gasteiger partial charge in [-0.05, 0) is 46.4 Å². The average molecular weight is 364 g/mol. The minimum Gasteiger partial charge on any atom is -0.384 e. The molecule has 2 rings (SSSR count). The lowest BCUT2D eigenvalue weighted by Crippen LogP contribution is -2.01. The first-order valence-corrected chi connectivity index (χ1v) is 6.27. The number of hydrogen-bond donors (Lipinski definition) is 1. The molecule has 0 radical (unpaired) electrons. The summed E-state index contributed by atoms with van der Waals surface area (Å²) in [6.45, 7) is 0. The Morgan fingerprint density at radius 3 is 2.65 bits per heavy atom. The lowest BCUT2D eigenvalue weighted by atomic mass is 10.0. The molecule has 1 aromatic heterocycles. The van der Waals surface area contributed by atoms with Gasteiger partial charge in [0.25, 0.3) is 0 Å². The Hall–Kier alpha value is -0.720. The van der Waals surface area contributed by atoms with Crippen molar-refractivity contribution in [3.63, 3.8) is 0 Å². The van der Waals surface area contributed by atoms with Gasteiger partial charge in [-0.1, -0.05) is 17.7 Å². The second kappa shape index (κ2) is 5.29. The molecule has 1 unspecified atom stereocenters. The SMILES string of the molecule is OC(c1cncc(F)c1)c1ccc(I)c(Cl)c1. The zero-order valence-corrected chi connectivity index (χ0v) is 11.5. The van der Waals surface area contributed by atoms with Crippen LogP contribution in [0.25, 0.3) is 0 Å². The maximum Gasteiger partial charge on any atom is 0.141 e. The first-order chi connectivity index (χ1) is 8.08. The van der Waals surface area contributed by atoms with Crippen molar-refractivity contribution >= 4 is 34.2 Å². The lowest BCUT2D eigenvalue weighted by Gasteiger charge is -2.11. The molecule has 17 heavy (non-hydrogen) atoms. The predicted molar refractivity (Wildman–Crippen MR) is 72.4 cm³/mol. The van der Waals surface area contributed by atoms with E-state index in [-0.39, 0.29) is 0 Å². The Kier molecular flexibility index (Phi) is 3.96. The highest BCUT2D eigenvalue weighted by atomic mass is 127. The number of aromatic nitrogens is 1. The molecule has 2 nitrogen and oxygen atoms in total. The van der Waals surface area contributed by atoms with Crippen LogP contribution < -0.4 is 0 Å². The fraction of sp³-hybridized carbons (Fsp3) is 0.0833. The topological polar surface area (TPSA) is 33.1 Å². The number of hydrogen-bond acceptors (Lipinski definition) is 2. The Bertz CT molecular complexity index is 550. The van der Waals surface area contributed by atoms with Gasteiger partial charge in [-0.25, -0.2) is 4.39 Å². The molecule has 0 spiro atoms. The molecule has 1 aromatic carbocycles. The van der Waals surface area contributed by atoms with Gasteiger partial charge in [0.2, 0.25) is 0 Å². The molecule has 1 heterocycles. The summed E-state index contributed by atoms with van der Waals surface area (Å²) in [6.07, 6.45) is 1.60. The van der Waals surface area contributed by atoms with E-state index in [1.165, 1.54) is 12.3 Å². The van der Waals surface area contributed by atoms with Gasteiger partial charge in [-0.3, -0.25) is 4.98 Å². The van der Waals surface area contributed by atoms with Crippen molar-refractivity contribution in [3.05, 3.63) is 62.2 Å². The molecule has 88 valence electrons. The van der Waals surface area contributed by atoms with Gasteiger partial charge in [-0.15, -0.1) is 0 Å². The van der Waals surface area contributed by atoms with E-state index in [2.05, 4.69) is 27.6 Å². The molecule has 0 aliphatic heterocycles. The highest BCUT2D eigenvalue weighted by Crippen LogP contribution is 2.26. The summed E-state index contributed by atoms with van der Waals surface area (Å²) in [5.74, 6) is -0.474. The molecule has 0 bridgehead atoms. The molecule has 0 amide bonds. The van der Waals surface area contributed by atoms with E-state index in [9.17, 15) is 9.50 Å². The third-order valence-corrected chi connectivity index (χ3v) is 3.87. The van der Waals surface area contributed by atoms with Crippen LogP contribution in [0.15, 0.2) is 36.7 Å². The molecular formula is C12H8ClFINO. The summed E-state index contributed by atoms with van der Waals surface area (Å²) in [5.41, 5.74) is 1.02. The minimum absolute atomic E-state index is 0.405. The van der Waals surface area contributed by atoms with Crippen LogP contribution in [0.2, 0.25) is 5.02 Å². The number of nitrogens with zero attached hydrogens (tertiary/aromatic N) is 1. The number of benzene rings is 1. The summed E-state index contributed by atoms with van der Waals surface area (Å²) >= 11 is 8.07. The molecule has 0 aliphatic rings. The van der Waals surface area contributed by atoms with Gasteiger partial charge < -0.3 is 5.11 Å². The Morgan fingerprint density at radius 2 is 2.00 bits per heavy atom. The quantitative estimate of drug-likeness (QED) is 0.828. The fourth-order valence-corrected chi connectivity index (χ4v) is 1.98. The van der Waals surface area contributed by atoms with Gasteiger partial charge in [0.1, 0.15) is 11.9 Å². The van der Waals surface area contributed by atoms with E-state index in [1.807, 2.05) is 0 Å². The molecule has 1 N–H and O–H groups in total. The van der Waals surface area contributed by atoms with Crippen LogP contribution in [0.5, 0.6) is 0 Å². The highest BCUT2D eigenvalue weighted by Gasteiger charge is 2.12. The van der Waals surface area contributed by atoms with Gasteiger partial charge in [-0.2, -0.15) is 0 Å². The van der Waals surface area contributed by atoms with E-state index >= 15 is 0 Å². The van der Waals surface area contributed by atoms with Crippen molar-refractivity contribution in [2.75, 3.05) is 0 Å². The summed E-state index contributed by atoms with van der Waals surface area (Å²) in [4.78, 5) is 3.70. The third-order valence-electron chi connectivity index (χ3n) is 2.30. The number of rotatable bonds is 2. The molecule has 0 fully saturated rings. The zero-order valence-electron chi connectivity index (χ0n) is 8.57. The van der Waals surface area contributed by atoms with Crippen molar-refractivity contribution in [2.45, 2.75) is 6.10 Å². The Labute approximate surface area is 117 Å². The van der Waals surface area contributed by atoms with Gasteiger partial charge in [0.05, 0.1) is 11.2 Å². The van der Waals surface area contributed by atoms with Crippen LogP contribution in [0.4, 0.5) is 4.39 Å². The first kappa shape index (κ1) is 12.7. The second-order valence-electron chi connectivity index (χ2n) is 3.51. The molecule has 0 saturated heterocycles. The van der Waals surface area contributed by atoms with Crippen LogP contribution in [-0.2, 0) is 0 Å². The van der Waals surface area contributed by atoms with E-state index in [4.69, 9.17) is 11.6 Å². The third kappa shape index (κ3) is 2.94. The highest BCUT2D eigenvalue weighted by molar-refractivity contribution is 14.1. The van der Waals surface area contributed by atoms with Crippen molar-refractivity contribution in [3.8, 4) is 0 Å². The summed E-state index contributed by atoms with van der Waals surface area (Å²) in [6, 6.07) is 6.47. The van der Waals surface area contributed by atoms with E-state index < -0.39 is 11.9 Å². The van der Waals surface area contributed by atoms with Gasteiger partial charge in [0, 0.05) is 15.3 Å². The number of aliphatic hydroxyl groups is 1. The molecule has 0 aliphatic carbocycles. The van der Waals surface area contributed by atoms with Crippen molar-refractivity contribution in [1.82, 2.24) is 4.98 Å². The minimum atomic E-state index is -0.923. The summed E-state index contributed by atoms with van der Waals surface area (Å²) in [5, 5.41) is 10.6. The molecular weight excluding hydrogens is 355 g/mol. The second-order valence-corrected chi connectivity index (χ2v) is 5.08. The largest absolute Gasteiger partial charge is 0.384 e. The first-order valence-electron chi connectivity index (χ1n) is 4.81. The van der Waals surface area contributed by atoms with Crippen molar-refractivity contribution in [2.24, 2.45) is 0 Å². The normalized spacial score (nSPS) is 12.5. The van der Waals surface area contributed by atoms with Crippen molar-refractivity contribution < 1.29 is 9.50 Å². The number of aliphatic hydroxyl groups excluding tert-OH is 1. The molecule has 1 atom stereocenters. The Morgan fingerprint density at radius 1 is 1.24 bits per heavy atom. The van der Waals surface area contributed by atoms with Crippen LogP contribution in [0, 0.1) is 9.39 Å². The van der Waals surface area contributed by atoms with Gasteiger partial charge in [0.15, 0.2) is 0 Å². The van der Waals surface area contributed by atoms with Crippen LogP contribution in [0.1, 0.15) is 17.2 Å². The van der Waals surface area contributed by atoms with Crippen molar-refractivity contribution in [1.29, 1.82) is 0 Å². The maximum absolute atomic E-state index is 13.0. The predicted octanol–water partition coefficient (Wildman–Crippen LogP) is 3.56. The number of pyridine rings is 1. The molecule has 0 saturated carbocycles. The van der Waals surface area contributed by atoms with Gasteiger partial charge >= 0.3 is 0 Å². The smallest absolute Gasteiger partial charge is 0.141 e. The van der Waals surface area contributed by atoms with Crippen LogP contribution >= 0.6 is 34.2 Å². The summed E-state index contributed by atoms with van der Waals surface area (Å²) in [7, 11) is 0. The standard InChI is InChI=1S/C12H8ClFINO/c13-10-4-7(1-2-11(10)15)12(17)8-3-9(14)6-16-5-8/h1-6,12,17H. The summed E-state index contributed by atoms with van der Waals surface area (Å²) < 4.78 is 13.9. The van der Waals surface area contributed by atoms with E-state index in [1.54, 1.807) is 18.2 Å². The fourth-order valence-electron chi connectivity index (χ4n) is 1.45.